The van der Waals surface area contributed by atoms with Gasteiger partial charge >= 0.3 is 0 Å². The number of thioether (sulfide) groups is 1. The smallest absolute Gasteiger partial charge is 0.0591 e. The molecule has 0 aliphatic rings. The van der Waals surface area contributed by atoms with E-state index in [1.54, 1.807) is 0 Å². The largest absolute Gasteiger partial charge is 0.396 e. The maximum absolute atomic E-state index is 8.57. The molecule has 0 rings (SSSR count). The number of rotatable bonds is 11. The lowest BCUT2D eigenvalue weighted by atomic mass is 10.2. The standard InChI is InChI=1S/C11H25NO2S/c1-11(2)10-14-7-4-12-5-9-15-8-3-6-13/h11-13H,3-10H2,1-2H3. The van der Waals surface area contributed by atoms with E-state index < -0.39 is 0 Å². The second-order valence-corrected chi connectivity index (χ2v) is 5.13. The minimum atomic E-state index is 0.309. The SMILES string of the molecule is CC(C)COCCNCCSCCCO. The van der Waals surface area contributed by atoms with Crippen LogP contribution in [0.5, 0.6) is 0 Å². The van der Waals surface area contributed by atoms with Crippen LogP contribution >= 0.6 is 11.8 Å². The first-order valence-corrected chi connectivity index (χ1v) is 6.90. The van der Waals surface area contributed by atoms with Crippen molar-refractivity contribution in [3.8, 4) is 0 Å². The van der Waals surface area contributed by atoms with Crippen molar-refractivity contribution >= 4 is 11.8 Å². The van der Waals surface area contributed by atoms with Gasteiger partial charge in [0.1, 0.15) is 0 Å². The topological polar surface area (TPSA) is 41.5 Å². The van der Waals surface area contributed by atoms with E-state index >= 15 is 0 Å². The zero-order chi connectivity index (χ0) is 11.4. The summed E-state index contributed by atoms with van der Waals surface area (Å²) in [5.41, 5.74) is 0. The number of hydrogen-bond donors (Lipinski definition) is 2. The van der Waals surface area contributed by atoms with Crippen LogP contribution in [-0.2, 0) is 4.74 Å². The van der Waals surface area contributed by atoms with E-state index in [0.717, 1.165) is 44.2 Å². The fourth-order valence-corrected chi connectivity index (χ4v) is 1.83. The second kappa shape index (κ2) is 12.3. The monoisotopic (exact) mass is 235 g/mol. The van der Waals surface area contributed by atoms with Gasteiger partial charge in [-0.15, -0.1) is 0 Å². The molecule has 0 amide bonds. The number of nitrogens with one attached hydrogen (secondary N) is 1. The van der Waals surface area contributed by atoms with Gasteiger partial charge in [0.15, 0.2) is 0 Å². The second-order valence-electron chi connectivity index (χ2n) is 3.91. The molecule has 0 unspecified atom stereocenters. The van der Waals surface area contributed by atoms with Gasteiger partial charge in [0.05, 0.1) is 6.61 Å². The number of hydrogen-bond acceptors (Lipinski definition) is 4. The van der Waals surface area contributed by atoms with Crippen LogP contribution in [0.1, 0.15) is 20.3 Å². The van der Waals surface area contributed by atoms with Gasteiger partial charge in [-0.25, -0.2) is 0 Å². The highest BCUT2D eigenvalue weighted by Gasteiger charge is 1.93. The fraction of sp³-hybridized carbons (Fsp3) is 1.00. The summed E-state index contributed by atoms with van der Waals surface area (Å²) in [6.45, 7) is 8.25. The van der Waals surface area contributed by atoms with Crippen molar-refractivity contribution in [2.24, 2.45) is 5.92 Å². The van der Waals surface area contributed by atoms with Crippen molar-refractivity contribution in [1.29, 1.82) is 0 Å². The highest BCUT2D eigenvalue weighted by Crippen LogP contribution is 1.99. The van der Waals surface area contributed by atoms with Crippen LogP contribution in [-0.4, -0.2) is 49.5 Å². The third kappa shape index (κ3) is 14.2. The van der Waals surface area contributed by atoms with Crippen LogP contribution in [0.25, 0.3) is 0 Å². The predicted molar refractivity (Wildman–Crippen MR) is 67.6 cm³/mol. The van der Waals surface area contributed by atoms with Crippen molar-refractivity contribution in [1.82, 2.24) is 5.32 Å². The van der Waals surface area contributed by atoms with Crippen molar-refractivity contribution in [3.05, 3.63) is 0 Å². The lowest BCUT2D eigenvalue weighted by molar-refractivity contribution is 0.112. The summed E-state index contributed by atoms with van der Waals surface area (Å²) in [4.78, 5) is 0. The quantitative estimate of drug-likeness (QED) is 0.531. The molecule has 0 aliphatic heterocycles. The average Bonchev–Trinajstić information content (AvgIpc) is 2.20. The van der Waals surface area contributed by atoms with E-state index in [0.29, 0.717) is 12.5 Å². The van der Waals surface area contributed by atoms with E-state index in [1.807, 2.05) is 11.8 Å². The Hall–Kier alpha value is 0.230. The van der Waals surface area contributed by atoms with Crippen molar-refractivity contribution < 1.29 is 9.84 Å². The fourth-order valence-electron chi connectivity index (χ4n) is 1.00. The summed E-state index contributed by atoms with van der Waals surface area (Å²) in [6.07, 6.45) is 0.905. The van der Waals surface area contributed by atoms with Gasteiger partial charge in [0.25, 0.3) is 0 Å². The molecule has 0 radical (unpaired) electrons. The highest BCUT2D eigenvalue weighted by molar-refractivity contribution is 7.99. The minimum Gasteiger partial charge on any atom is -0.396 e. The maximum atomic E-state index is 8.57. The zero-order valence-electron chi connectivity index (χ0n) is 10.00. The number of ether oxygens (including phenoxy) is 1. The molecule has 0 aromatic heterocycles. The van der Waals surface area contributed by atoms with Gasteiger partial charge in [-0.05, 0) is 18.1 Å². The molecule has 92 valence electrons. The molecule has 0 heterocycles. The van der Waals surface area contributed by atoms with Crippen LogP contribution in [0, 0.1) is 5.92 Å². The molecular formula is C11H25NO2S. The molecule has 15 heavy (non-hydrogen) atoms. The highest BCUT2D eigenvalue weighted by atomic mass is 32.2. The minimum absolute atomic E-state index is 0.309. The van der Waals surface area contributed by atoms with E-state index in [1.165, 1.54) is 0 Å². The Labute approximate surface area is 98.0 Å². The summed E-state index contributed by atoms with van der Waals surface area (Å²) in [5.74, 6) is 2.80. The first kappa shape index (κ1) is 15.2. The molecule has 2 N–H and O–H groups in total. The van der Waals surface area contributed by atoms with E-state index in [9.17, 15) is 0 Å². The van der Waals surface area contributed by atoms with Gasteiger partial charge < -0.3 is 15.2 Å². The molecule has 0 aliphatic carbocycles. The third-order valence-electron chi connectivity index (χ3n) is 1.74. The molecule has 0 aromatic rings. The zero-order valence-corrected chi connectivity index (χ0v) is 10.8. The van der Waals surface area contributed by atoms with E-state index in [-0.39, 0.29) is 0 Å². The maximum Gasteiger partial charge on any atom is 0.0591 e. The van der Waals surface area contributed by atoms with Crippen LogP contribution in [0.2, 0.25) is 0 Å². The first-order chi connectivity index (χ1) is 7.27. The predicted octanol–water partition coefficient (Wildman–Crippen LogP) is 1.36. The molecule has 0 saturated carbocycles. The molecule has 0 spiro atoms. The summed E-state index contributed by atoms with van der Waals surface area (Å²) in [7, 11) is 0. The van der Waals surface area contributed by atoms with Crippen molar-refractivity contribution in [2.75, 3.05) is 44.4 Å². The van der Waals surface area contributed by atoms with Crippen LogP contribution in [0.3, 0.4) is 0 Å². The first-order valence-electron chi connectivity index (χ1n) is 5.74. The Morgan fingerprint density at radius 1 is 1.27 bits per heavy atom. The lowest BCUT2D eigenvalue weighted by Crippen LogP contribution is -2.23. The number of aliphatic hydroxyl groups excluding tert-OH is 1. The van der Waals surface area contributed by atoms with E-state index in [2.05, 4.69) is 19.2 Å². The summed E-state index contributed by atoms with van der Waals surface area (Å²) < 4.78 is 5.44. The van der Waals surface area contributed by atoms with Gasteiger partial charge in [-0.2, -0.15) is 11.8 Å². The summed E-state index contributed by atoms with van der Waals surface area (Å²) >= 11 is 1.88. The normalized spacial score (nSPS) is 11.2. The molecular weight excluding hydrogens is 210 g/mol. The van der Waals surface area contributed by atoms with E-state index in [4.69, 9.17) is 9.84 Å². The van der Waals surface area contributed by atoms with Crippen LogP contribution in [0.15, 0.2) is 0 Å². The average molecular weight is 235 g/mol. The summed E-state index contributed by atoms with van der Waals surface area (Å²) in [5, 5.41) is 11.9. The molecule has 3 nitrogen and oxygen atoms in total. The number of aliphatic hydroxyl groups is 1. The molecule has 0 bridgehead atoms. The van der Waals surface area contributed by atoms with Crippen molar-refractivity contribution in [3.63, 3.8) is 0 Å². The van der Waals surface area contributed by atoms with Gasteiger partial charge in [0, 0.05) is 32.1 Å². The molecule has 0 saturated heterocycles. The Balaban J connectivity index is 2.87. The third-order valence-corrected chi connectivity index (χ3v) is 2.81. The lowest BCUT2D eigenvalue weighted by Gasteiger charge is -2.07. The molecule has 0 atom stereocenters. The Kier molecular flexibility index (Phi) is 12.5. The van der Waals surface area contributed by atoms with Gasteiger partial charge in [-0.1, -0.05) is 13.8 Å². The molecule has 0 fully saturated rings. The van der Waals surface area contributed by atoms with Crippen molar-refractivity contribution in [2.45, 2.75) is 20.3 Å². The Morgan fingerprint density at radius 3 is 2.73 bits per heavy atom. The van der Waals surface area contributed by atoms with Crippen LogP contribution in [0.4, 0.5) is 0 Å². The Bertz CT molecular complexity index is 123. The van der Waals surface area contributed by atoms with Gasteiger partial charge in [0.2, 0.25) is 0 Å². The van der Waals surface area contributed by atoms with Gasteiger partial charge in [-0.3, -0.25) is 0 Å². The van der Waals surface area contributed by atoms with Crippen LogP contribution < -0.4 is 5.32 Å². The Morgan fingerprint density at radius 2 is 2.07 bits per heavy atom. The molecule has 4 heteroatoms. The molecule has 0 aromatic carbocycles. The summed E-state index contributed by atoms with van der Waals surface area (Å²) in [6, 6.07) is 0.